The lowest BCUT2D eigenvalue weighted by Gasteiger charge is -2.24. The summed E-state index contributed by atoms with van der Waals surface area (Å²) in [5, 5.41) is 0. The van der Waals surface area contributed by atoms with Gasteiger partial charge in [0.05, 0.1) is 6.42 Å². The molecule has 0 spiro atoms. The zero-order valence-electron chi connectivity index (χ0n) is 10.4. The molecular formula is C13H21N3O. The third-order valence-electron chi connectivity index (χ3n) is 3.70. The highest BCUT2D eigenvalue weighted by Gasteiger charge is 2.25. The Balaban J connectivity index is 1.93. The Morgan fingerprint density at radius 1 is 1.47 bits per heavy atom. The number of carbonyl (C=O) groups excluding carboxylic acids is 1. The summed E-state index contributed by atoms with van der Waals surface area (Å²) < 4.78 is 2.03. The number of hydrogen-bond acceptors (Lipinski definition) is 3. The molecular weight excluding hydrogens is 214 g/mol. The van der Waals surface area contributed by atoms with E-state index in [0.29, 0.717) is 18.2 Å². The van der Waals surface area contributed by atoms with Crippen molar-refractivity contribution in [2.75, 3.05) is 0 Å². The minimum atomic E-state index is 0.205. The van der Waals surface area contributed by atoms with E-state index in [-0.39, 0.29) is 5.92 Å². The Morgan fingerprint density at radius 3 is 2.82 bits per heavy atom. The van der Waals surface area contributed by atoms with Crippen LogP contribution < -0.4 is 5.73 Å². The molecule has 1 aliphatic rings. The summed E-state index contributed by atoms with van der Waals surface area (Å²) in [5.74, 6) is 1.43. The number of hydrogen-bond donors (Lipinski definition) is 1. The van der Waals surface area contributed by atoms with Crippen LogP contribution >= 0.6 is 0 Å². The van der Waals surface area contributed by atoms with Gasteiger partial charge in [0.2, 0.25) is 0 Å². The van der Waals surface area contributed by atoms with E-state index in [1.165, 1.54) is 0 Å². The minimum Gasteiger partial charge on any atom is -0.335 e. The lowest BCUT2D eigenvalue weighted by atomic mass is 9.83. The Bertz CT molecular complexity index is 378. The average Bonchev–Trinajstić information content (AvgIpc) is 2.77. The predicted molar refractivity (Wildman–Crippen MR) is 66.5 cm³/mol. The van der Waals surface area contributed by atoms with Gasteiger partial charge in [-0.1, -0.05) is 0 Å². The number of ketones is 1. The van der Waals surface area contributed by atoms with Crippen molar-refractivity contribution in [2.45, 2.75) is 51.6 Å². The van der Waals surface area contributed by atoms with E-state index >= 15 is 0 Å². The fraction of sp³-hybridized carbons (Fsp3) is 0.692. The van der Waals surface area contributed by atoms with Gasteiger partial charge in [-0.05, 0) is 32.6 Å². The molecule has 2 N–H and O–H groups in total. The van der Waals surface area contributed by atoms with Gasteiger partial charge in [0, 0.05) is 30.9 Å². The van der Waals surface area contributed by atoms with E-state index in [1.807, 2.05) is 10.8 Å². The van der Waals surface area contributed by atoms with Crippen molar-refractivity contribution in [3.05, 3.63) is 18.2 Å². The standard InChI is InChI=1S/C13H21N3O/c1-2-16-8-7-15-13(16)9-12(17)10-3-5-11(14)6-4-10/h7-8,10-11H,2-6,9,14H2,1H3. The van der Waals surface area contributed by atoms with Crippen LogP contribution in [-0.4, -0.2) is 21.4 Å². The van der Waals surface area contributed by atoms with Crippen molar-refractivity contribution in [1.82, 2.24) is 9.55 Å². The van der Waals surface area contributed by atoms with Gasteiger partial charge in [-0.25, -0.2) is 4.98 Å². The maximum absolute atomic E-state index is 12.1. The van der Waals surface area contributed by atoms with Gasteiger partial charge in [0.25, 0.3) is 0 Å². The predicted octanol–water partition coefficient (Wildman–Crippen LogP) is 1.53. The molecule has 0 bridgehead atoms. The summed E-state index contributed by atoms with van der Waals surface area (Å²) >= 11 is 0. The summed E-state index contributed by atoms with van der Waals surface area (Å²) in [4.78, 5) is 16.4. The van der Waals surface area contributed by atoms with Gasteiger partial charge in [-0.2, -0.15) is 0 Å². The molecule has 1 saturated carbocycles. The summed E-state index contributed by atoms with van der Waals surface area (Å²) in [6.45, 7) is 2.94. The van der Waals surface area contributed by atoms with Crippen molar-refractivity contribution in [1.29, 1.82) is 0 Å². The molecule has 17 heavy (non-hydrogen) atoms. The van der Waals surface area contributed by atoms with Gasteiger partial charge >= 0.3 is 0 Å². The molecule has 1 aromatic heterocycles. The van der Waals surface area contributed by atoms with E-state index in [0.717, 1.165) is 38.1 Å². The third-order valence-corrected chi connectivity index (χ3v) is 3.70. The number of aryl methyl sites for hydroxylation is 1. The molecule has 0 amide bonds. The maximum Gasteiger partial charge on any atom is 0.143 e. The second kappa shape index (κ2) is 5.45. The highest BCUT2D eigenvalue weighted by atomic mass is 16.1. The Morgan fingerprint density at radius 2 is 2.18 bits per heavy atom. The number of rotatable bonds is 4. The fourth-order valence-corrected chi connectivity index (χ4v) is 2.54. The molecule has 1 fully saturated rings. The number of imidazole rings is 1. The molecule has 0 aliphatic heterocycles. The first-order valence-corrected chi connectivity index (χ1v) is 6.49. The number of nitrogens with zero attached hydrogens (tertiary/aromatic N) is 2. The van der Waals surface area contributed by atoms with E-state index in [2.05, 4.69) is 11.9 Å². The molecule has 1 aromatic rings. The van der Waals surface area contributed by atoms with E-state index in [9.17, 15) is 4.79 Å². The molecule has 1 heterocycles. The Hall–Kier alpha value is -1.16. The van der Waals surface area contributed by atoms with E-state index in [1.54, 1.807) is 6.20 Å². The first kappa shape index (κ1) is 12.3. The molecule has 4 nitrogen and oxygen atoms in total. The molecule has 0 atom stereocenters. The lowest BCUT2D eigenvalue weighted by molar-refractivity contribution is -0.123. The Kier molecular flexibility index (Phi) is 3.94. The largest absolute Gasteiger partial charge is 0.335 e. The van der Waals surface area contributed by atoms with Crippen LogP contribution in [0.25, 0.3) is 0 Å². The average molecular weight is 235 g/mol. The first-order chi connectivity index (χ1) is 8.20. The van der Waals surface area contributed by atoms with Crippen LogP contribution in [0.1, 0.15) is 38.4 Å². The van der Waals surface area contributed by atoms with Gasteiger partial charge < -0.3 is 10.3 Å². The molecule has 0 unspecified atom stereocenters. The number of aromatic nitrogens is 2. The normalized spacial score (nSPS) is 24.8. The van der Waals surface area contributed by atoms with Gasteiger partial charge in [-0.15, -0.1) is 0 Å². The van der Waals surface area contributed by atoms with Crippen LogP contribution in [0.2, 0.25) is 0 Å². The second-order valence-electron chi connectivity index (χ2n) is 4.88. The van der Waals surface area contributed by atoms with E-state index in [4.69, 9.17) is 5.73 Å². The fourth-order valence-electron chi connectivity index (χ4n) is 2.54. The number of Topliss-reactive ketones (excluding diaryl/α,β-unsaturated/α-hetero) is 1. The van der Waals surface area contributed by atoms with Crippen molar-refractivity contribution < 1.29 is 4.79 Å². The zero-order valence-corrected chi connectivity index (χ0v) is 10.4. The summed E-state index contributed by atoms with van der Waals surface area (Å²) in [6.07, 6.45) is 8.04. The summed E-state index contributed by atoms with van der Waals surface area (Å²) in [7, 11) is 0. The van der Waals surface area contributed by atoms with Crippen LogP contribution in [0, 0.1) is 5.92 Å². The molecule has 2 rings (SSSR count). The topological polar surface area (TPSA) is 60.9 Å². The molecule has 94 valence electrons. The van der Waals surface area contributed by atoms with Crippen LogP contribution in [0.5, 0.6) is 0 Å². The SMILES string of the molecule is CCn1ccnc1CC(=O)C1CCC(N)CC1. The van der Waals surface area contributed by atoms with Crippen LogP contribution in [0.4, 0.5) is 0 Å². The molecule has 4 heteroatoms. The Labute approximate surface area is 102 Å². The minimum absolute atomic E-state index is 0.205. The van der Waals surface area contributed by atoms with Gasteiger partial charge in [-0.3, -0.25) is 4.79 Å². The van der Waals surface area contributed by atoms with Crippen molar-refractivity contribution in [2.24, 2.45) is 11.7 Å². The molecule has 1 aliphatic carbocycles. The summed E-state index contributed by atoms with van der Waals surface area (Å²) in [6, 6.07) is 0.302. The smallest absolute Gasteiger partial charge is 0.143 e. The second-order valence-corrected chi connectivity index (χ2v) is 4.88. The molecule has 0 saturated heterocycles. The monoisotopic (exact) mass is 235 g/mol. The van der Waals surface area contributed by atoms with E-state index < -0.39 is 0 Å². The number of carbonyl (C=O) groups is 1. The molecule has 0 aromatic carbocycles. The van der Waals surface area contributed by atoms with Crippen LogP contribution in [0.15, 0.2) is 12.4 Å². The number of nitrogens with two attached hydrogens (primary N) is 1. The lowest BCUT2D eigenvalue weighted by Crippen LogP contribution is -2.30. The highest BCUT2D eigenvalue weighted by Crippen LogP contribution is 2.24. The quantitative estimate of drug-likeness (QED) is 0.861. The van der Waals surface area contributed by atoms with Gasteiger partial charge in [0.1, 0.15) is 11.6 Å². The third kappa shape index (κ3) is 2.94. The highest BCUT2D eigenvalue weighted by molar-refractivity contribution is 5.82. The van der Waals surface area contributed by atoms with Crippen molar-refractivity contribution in [3.63, 3.8) is 0 Å². The molecule has 0 radical (unpaired) electrons. The first-order valence-electron chi connectivity index (χ1n) is 6.49. The van der Waals surface area contributed by atoms with Crippen molar-refractivity contribution >= 4 is 5.78 Å². The van der Waals surface area contributed by atoms with Crippen LogP contribution in [-0.2, 0) is 17.8 Å². The maximum atomic E-state index is 12.1. The van der Waals surface area contributed by atoms with Gasteiger partial charge in [0.15, 0.2) is 0 Å². The van der Waals surface area contributed by atoms with Crippen molar-refractivity contribution in [3.8, 4) is 0 Å². The summed E-state index contributed by atoms with van der Waals surface area (Å²) in [5.41, 5.74) is 5.85. The zero-order chi connectivity index (χ0) is 12.3. The van der Waals surface area contributed by atoms with Crippen LogP contribution in [0.3, 0.4) is 0 Å².